The number of hydrogen-bond donors (Lipinski definition) is 1. The molecule has 96 valence electrons. The van der Waals surface area contributed by atoms with Gasteiger partial charge in [0, 0.05) is 11.5 Å². The highest BCUT2D eigenvalue weighted by Crippen LogP contribution is 2.38. The number of carbonyl (C=O) groups excluding carboxylic acids is 1. The molecule has 0 saturated heterocycles. The van der Waals surface area contributed by atoms with E-state index in [-0.39, 0.29) is 11.8 Å². The second kappa shape index (κ2) is 4.80. The fraction of sp³-hybridized carbons (Fsp3) is 0.267. The van der Waals surface area contributed by atoms with E-state index >= 15 is 0 Å². The summed E-state index contributed by atoms with van der Waals surface area (Å²) in [6.45, 7) is 2.08. The molecule has 1 aliphatic carbocycles. The van der Waals surface area contributed by atoms with Crippen molar-refractivity contribution in [1.82, 2.24) is 9.97 Å². The molecule has 1 N–H and O–H groups in total. The molecule has 1 aromatic heterocycles. The van der Waals surface area contributed by atoms with Crippen LogP contribution in [0.1, 0.15) is 13.3 Å². The lowest BCUT2D eigenvalue weighted by Crippen LogP contribution is -2.14. The van der Waals surface area contributed by atoms with Crippen LogP contribution in [0, 0.1) is 11.8 Å². The largest absolute Gasteiger partial charge is 0.323 e. The summed E-state index contributed by atoms with van der Waals surface area (Å²) in [6.07, 6.45) is 4.29. The summed E-state index contributed by atoms with van der Waals surface area (Å²) < 4.78 is 0. The molecule has 3 rings (SSSR count). The number of rotatable bonds is 3. The van der Waals surface area contributed by atoms with Gasteiger partial charge in [-0.15, -0.1) is 0 Å². The molecule has 4 nitrogen and oxygen atoms in total. The van der Waals surface area contributed by atoms with E-state index in [0.717, 1.165) is 12.0 Å². The molecule has 2 atom stereocenters. The Morgan fingerprint density at radius 2 is 1.84 bits per heavy atom. The Morgan fingerprint density at radius 1 is 1.21 bits per heavy atom. The van der Waals surface area contributed by atoms with Gasteiger partial charge in [0.2, 0.25) is 5.91 Å². The zero-order valence-corrected chi connectivity index (χ0v) is 10.7. The van der Waals surface area contributed by atoms with Crippen LogP contribution in [0.4, 0.5) is 5.69 Å². The van der Waals surface area contributed by atoms with Crippen molar-refractivity contribution in [3.05, 3.63) is 42.7 Å². The van der Waals surface area contributed by atoms with Crippen molar-refractivity contribution in [2.24, 2.45) is 11.8 Å². The highest BCUT2D eigenvalue weighted by atomic mass is 16.2. The second-order valence-electron chi connectivity index (χ2n) is 4.97. The highest BCUT2D eigenvalue weighted by molar-refractivity contribution is 5.94. The Hall–Kier alpha value is -2.23. The second-order valence-corrected chi connectivity index (χ2v) is 4.97. The van der Waals surface area contributed by atoms with Crippen LogP contribution in [0.25, 0.3) is 11.4 Å². The van der Waals surface area contributed by atoms with Crippen molar-refractivity contribution in [2.75, 3.05) is 5.32 Å². The molecule has 2 unspecified atom stereocenters. The van der Waals surface area contributed by atoms with Crippen LogP contribution in [0.3, 0.4) is 0 Å². The number of benzene rings is 1. The minimum atomic E-state index is 0.0727. The first-order valence-electron chi connectivity index (χ1n) is 6.42. The van der Waals surface area contributed by atoms with Crippen molar-refractivity contribution in [2.45, 2.75) is 13.3 Å². The SMILES string of the molecule is CC1CC1C(=O)Nc1cnc(-c2ccccc2)nc1. The molecular weight excluding hydrogens is 238 g/mol. The summed E-state index contributed by atoms with van der Waals surface area (Å²) in [5.41, 5.74) is 1.62. The van der Waals surface area contributed by atoms with Crippen LogP contribution in [0.15, 0.2) is 42.7 Å². The van der Waals surface area contributed by atoms with E-state index in [2.05, 4.69) is 22.2 Å². The predicted molar refractivity (Wildman–Crippen MR) is 73.4 cm³/mol. The van der Waals surface area contributed by atoms with Gasteiger partial charge in [0.25, 0.3) is 0 Å². The Kier molecular flexibility index (Phi) is 2.99. The summed E-state index contributed by atoms with van der Waals surface area (Å²) in [4.78, 5) is 20.3. The van der Waals surface area contributed by atoms with Crippen LogP contribution in [0.2, 0.25) is 0 Å². The van der Waals surface area contributed by atoms with Gasteiger partial charge in [0.15, 0.2) is 5.82 Å². The Balaban J connectivity index is 1.71. The van der Waals surface area contributed by atoms with Gasteiger partial charge in [-0.2, -0.15) is 0 Å². The van der Waals surface area contributed by atoms with Crippen LogP contribution in [-0.4, -0.2) is 15.9 Å². The van der Waals surface area contributed by atoms with E-state index < -0.39 is 0 Å². The standard InChI is InChI=1S/C15H15N3O/c1-10-7-13(10)15(19)18-12-8-16-14(17-9-12)11-5-3-2-4-6-11/h2-6,8-10,13H,7H2,1H3,(H,18,19). The van der Waals surface area contributed by atoms with Crippen LogP contribution < -0.4 is 5.32 Å². The van der Waals surface area contributed by atoms with Gasteiger partial charge in [-0.25, -0.2) is 9.97 Å². The van der Waals surface area contributed by atoms with Crippen molar-refractivity contribution < 1.29 is 4.79 Å². The van der Waals surface area contributed by atoms with Crippen LogP contribution >= 0.6 is 0 Å². The number of carbonyl (C=O) groups is 1. The topological polar surface area (TPSA) is 54.9 Å². The average Bonchev–Trinajstić information content (AvgIpc) is 3.18. The fourth-order valence-corrected chi connectivity index (χ4v) is 2.05. The van der Waals surface area contributed by atoms with Crippen molar-refractivity contribution in [3.63, 3.8) is 0 Å². The number of anilines is 1. The van der Waals surface area contributed by atoms with Gasteiger partial charge in [-0.3, -0.25) is 4.79 Å². The molecule has 0 aliphatic heterocycles. The first kappa shape index (κ1) is 11.8. The summed E-state index contributed by atoms with van der Waals surface area (Å²) in [7, 11) is 0. The minimum absolute atomic E-state index is 0.0727. The molecule has 1 heterocycles. The maximum absolute atomic E-state index is 11.8. The monoisotopic (exact) mass is 253 g/mol. The molecule has 0 spiro atoms. The molecule has 4 heteroatoms. The third-order valence-corrected chi connectivity index (χ3v) is 3.40. The third kappa shape index (κ3) is 2.62. The van der Waals surface area contributed by atoms with Gasteiger partial charge in [-0.1, -0.05) is 37.3 Å². The van der Waals surface area contributed by atoms with Crippen LogP contribution in [-0.2, 0) is 4.79 Å². The van der Waals surface area contributed by atoms with Crippen LogP contribution in [0.5, 0.6) is 0 Å². The maximum Gasteiger partial charge on any atom is 0.227 e. The van der Waals surface area contributed by atoms with Crippen molar-refractivity contribution in [3.8, 4) is 11.4 Å². The lowest BCUT2D eigenvalue weighted by atomic mass is 10.2. The molecule has 0 radical (unpaired) electrons. The van der Waals surface area contributed by atoms with E-state index in [0.29, 0.717) is 17.4 Å². The summed E-state index contributed by atoms with van der Waals surface area (Å²) in [5, 5.41) is 2.85. The summed E-state index contributed by atoms with van der Waals surface area (Å²) in [6, 6.07) is 9.76. The molecule has 1 aromatic carbocycles. The third-order valence-electron chi connectivity index (χ3n) is 3.40. The van der Waals surface area contributed by atoms with Gasteiger partial charge >= 0.3 is 0 Å². The molecule has 1 saturated carbocycles. The number of aromatic nitrogens is 2. The molecule has 0 bridgehead atoms. The average molecular weight is 253 g/mol. The molecular formula is C15H15N3O. The predicted octanol–water partition coefficient (Wildman–Crippen LogP) is 2.74. The normalized spacial score (nSPS) is 20.9. The summed E-state index contributed by atoms with van der Waals surface area (Å²) in [5.74, 6) is 1.40. The smallest absolute Gasteiger partial charge is 0.227 e. The number of nitrogens with one attached hydrogen (secondary N) is 1. The maximum atomic E-state index is 11.8. The Morgan fingerprint density at radius 3 is 2.42 bits per heavy atom. The van der Waals surface area contributed by atoms with E-state index in [1.54, 1.807) is 12.4 Å². The van der Waals surface area contributed by atoms with E-state index in [4.69, 9.17) is 0 Å². The number of amides is 1. The molecule has 19 heavy (non-hydrogen) atoms. The highest BCUT2D eigenvalue weighted by Gasteiger charge is 2.39. The quantitative estimate of drug-likeness (QED) is 0.915. The van der Waals surface area contributed by atoms with Gasteiger partial charge in [-0.05, 0) is 12.3 Å². The van der Waals surface area contributed by atoms with E-state index in [1.807, 2.05) is 30.3 Å². The Bertz CT molecular complexity index is 580. The molecule has 1 fully saturated rings. The molecule has 2 aromatic rings. The summed E-state index contributed by atoms with van der Waals surface area (Å²) >= 11 is 0. The molecule has 1 aliphatic rings. The Labute approximate surface area is 111 Å². The van der Waals surface area contributed by atoms with Crippen molar-refractivity contribution >= 4 is 11.6 Å². The molecule has 1 amide bonds. The lowest BCUT2D eigenvalue weighted by molar-refractivity contribution is -0.117. The first-order valence-corrected chi connectivity index (χ1v) is 6.42. The van der Waals surface area contributed by atoms with Crippen molar-refractivity contribution in [1.29, 1.82) is 0 Å². The lowest BCUT2D eigenvalue weighted by Gasteiger charge is -2.04. The number of nitrogens with zero attached hydrogens (tertiary/aromatic N) is 2. The minimum Gasteiger partial charge on any atom is -0.323 e. The van der Waals surface area contributed by atoms with E-state index in [9.17, 15) is 4.79 Å². The van der Waals surface area contributed by atoms with E-state index in [1.165, 1.54) is 0 Å². The van der Waals surface area contributed by atoms with Gasteiger partial charge in [0.1, 0.15) is 0 Å². The van der Waals surface area contributed by atoms with Gasteiger partial charge < -0.3 is 5.32 Å². The fourth-order valence-electron chi connectivity index (χ4n) is 2.05. The number of hydrogen-bond acceptors (Lipinski definition) is 3. The van der Waals surface area contributed by atoms with Gasteiger partial charge in [0.05, 0.1) is 18.1 Å². The zero-order chi connectivity index (χ0) is 13.2. The zero-order valence-electron chi connectivity index (χ0n) is 10.7. The first-order chi connectivity index (χ1) is 9.24.